The number of nitrogens with two attached hydrogens (primary N) is 1. The van der Waals surface area contributed by atoms with Gasteiger partial charge in [0, 0.05) is 5.75 Å². The molecule has 3 nitrogen and oxygen atoms in total. The minimum Gasteiger partial charge on any atom is -0.318 e. The Morgan fingerprint density at radius 1 is 1.86 bits per heavy atom. The summed E-state index contributed by atoms with van der Waals surface area (Å²) in [5, 5.41) is 9.65. The summed E-state index contributed by atoms with van der Waals surface area (Å²) in [5.41, 5.74) is 4.88. The first-order valence-electron chi connectivity index (χ1n) is 1.75. The van der Waals surface area contributed by atoms with Crippen molar-refractivity contribution in [2.75, 3.05) is 5.75 Å². The van der Waals surface area contributed by atoms with Crippen molar-refractivity contribution in [1.29, 1.82) is 0 Å². The Morgan fingerprint density at radius 2 is 2.29 bits per heavy atom. The highest BCUT2D eigenvalue weighted by Gasteiger charge is 2.09. The zero-order valence-corrected chi connectivity index (χ0v) is 4.52. The first-order chi connectivity index (χ1) is 3.18. The van der Waals surface area contributed by atoms with Gasteiger partial charge in [0.2, 0.25) is 0 Å². The molecule has 2 N–H and O–H groups in total. The van der Waals surface area contributed by atoms with Crippen molar-refractivity contribution in [1.82, 2.24) is 0 Å². The number of hydrogen-bond donors (Lipinski definition) is 2. The van der Waals surface area contributed by atoms with Crippen molar-refractivity contribution in [3.63, 3.8) is 0 Å². The van der Waals surface area contributed by atoms with Crippen LogP contribution in [0.15, 0.2) is 0 Å². The van der Waals surface area contributed by atoms with Gasteiger partial charge in [0.05, 0.1) is 0 Å². The predicted molar refractivity (Wildman–Crippen MR) is 27.5 cm³/mol. The fourth-order valence-electron chi connectivity index (χ4n) is 0.0745. The lowest BCUT2D eigenvalue weighted by atomic mass is 10.4. The Kier molecular flexibility index (Phi) is 2.78. The van der Waals surface area contributed by atoms with Crippen molar-refractivity contribution in [3.05, 3.63) is 0 Å². The summed E-state index contributed by atoms with van der Waals surface area (Å²) in [6.07, 6.45) is 0. The Morgan fingerprint density at radius 3 is 2.29 bits per heavy atom. The van der Waals surface area contributed by atoms with Crippen molar-refractivity contribution in [3.8, 4) is 0 Å². The zero-order chi connectivity index (χ0) is 5.86. The maximum Gasteiger partial charge on any atom is 0.372 e. The van der Waals surface area contributed by atoms with Gasteiger partial charge in [-0.2, -0.15) is 12.6 Å². The van der Waals surface area contributed by atoms with E-state index in [4.69, 9.17) is 5.73 Å². The van der Waals surface area contributed by atoms with Crippen LogP contribution in [0.5, 0.6) is 0 Å². The van der Waals surface area contributed by atoms with Gasteiger partial charge in [-0.3, -0.25) is 0 Å². The first kappa shape index (κ1) is 6.78. The summed E-state index contributed by atoms with van der Waals surface area (Å²) >= 11 is 3.61. The second-order valence-electron chi connectivity index (χ2n) is 1.11. The molecule has 0 aromatic rings. The average molecular weight is 120 g/mol. The van der Waals surface area contributed by atoms with Gasteiger partial charge >= 0.3 is 5.97 Å². The van der Waals surface area contributed by atoms with Crippen LogP contribution >= 0.6 is 12.6 Å². The van der Waals surface area contributed by atoms with Gasteiger partial charge in [-0.25, -0.2) is 9.90 Å². The van der Waals surface area contributed by atoms with E-state index in [1.54, 1.807) is 0 Å². The van der Waals surface area contributed by atoms with Crippen LogP contribution < -0.4 is 5.73 Å². The summed E-state index contributed by atoms with van der Waals surface area (Å²) in [6.45, 7) is 0. The van der Waals surface area contributed by atoms with E-state index in [1.807, 2.05) is 0 Å². The molecule has 0 aromatic heterocycles. The molecule has 0 fully saturated rings. The molecule has 0 aromatic carbocycles. The molecule has 0 unspecified atom stereocenters. The maximum atomic E-state index is 9.65. The molecule has 0 bridgehead atoms. The second kappa shape index (κ2) is 2.87. The van der Waals surface area contributed by atoms with Crippen molar-refractivity contribution in [2.45, 2.75) is 6.04 Å². The Labute approximate surface area is 46.9 Å². The van der Waals surface area contributed by atoms with Crippen LogP contribution in [0.1, 0.15) is 0 Å². The van der Waals surface area contributed by atoms with E-state index >= 15 is 0 Å². The minimum atomic E-state index is -1.25. The molecule has 1 radical (unpaired) electrons. The van der Waals surface area contributed by atoms with Gasteiger partial charge in [0.1, 0.15) is 6.04 Å². The lowest BCUT2D eigenvalue weighted by Gasteiger charge is -1.93. The average Bonchev–Trinajstić information content (AvgIpc) is 1.65. The lowest BCUT2D eigenvalue weighted by Crippen LogP contribution is -2.30. The van der Waals surface area contributed by atoms with Gasteiger partial charge in [0.15, 0.2) is 0 Å². The van der Waals surface area contributed by atoms with Gasteiger partial charge in [0.25, 0.3) is 0 Å². The number of thiol groups is 1. The maximum absolute atomic E-state index is 9.65. The number of carbonyl (C=O) groups excluding carboxylic acids is 1. The molecule has 0 saturated heterocycles. The van der Waals surface area contributed by atoms with E-state index in [9.17, 15) is 9.90 Å². The van der Waals surface area contributed by atoms with Crippen LogP contribution in [0, 0.1) is 0 Å². The molecule has 0 saturated carbocycles. The van der Waals surface area contributed by atoms with Gasteiger partial charge in [-0.1, -0.05) is 0 Å². The molecule has 0 aliphatic heterocycles. The Balaban J connectivity index is 3.34. The van der Waals surface area contributed by atoms with Crippen LogP contribution in [0.4, 0.5) is 0 Å². The largest absolute Gasteiger partial charge is 0.372 e. The van der Waals surface area contributed by atoms with Crippen LogP contribution in [0.3, 0.4) is 0 Å². The molecule has 0 spiro atoms. The fraction of sp³-hybridized carbons (Fsp3) is 0.667. The standard InChI is InChI=1S/C3H6NO2S/c4-2(1-7)3(5)6/h2,7H,1,4H2/t2-/m0/s1. The summed E-state index contributed by atoms with van der Waals surface area (Å²) in [7, 11) is 0. The van der Waals surface area contributed by atoms with Gasteiger partial charge in [-0.05, 0) is 0 Å². The fourth-order valence-corrected chi connectivity index (χ4v) is 0.224. The van der Waals surface area contributed by atoms with Gasteiger partial charge in [-0.15, -0.1) is 0 Å². The molecular formula is C3H6NO2S. The summed E-state index contributed by atoms with van der Waals surface area (Å²) in [5.74, 6) is -1.13. The van der Waals surface area contributed by atoms with Crippen LogP contribution in [-0.2, 0) is 9.90 Å². The third-order valence-electron chi connectivity index (χ3n) is 0.499. The van der Waals surface area contributed by atoms with Crippen LogP contribution in [-0.4, -0.2) is 17.8 Å². The van der Waals surface area contributed by atoms with E-state index in [-0.39, 0.29) is 5.75 Å². The van der Waals surface area contributed by atoms with Crippen molar-refractivity contribution < 1.29 is 9.90 Å². The first-order valence-corrected chi connectivity index (χ1v) is 2.39. The molecular weight excluding hydrogens is 114 g/mol. The van der Waals surface area contributed by atoms with E-state index < -0.39 is 12.0 Å². The quantitative estimate of drug-likeness (QED) is 0.469. The summed E-state index contributed by atoms with van der Waals surface area (Å²) in [6, 6.07) is -0.927. The highest BCUT2D eigenvalue weighted by Crippen LogP contribution is 1.80. The number of carbonyl (C=O) groups is 1. The topological polar surface area (TPSA) is 63.0 Å². The molecule has 0 aliphatic carbocycles. The molecule has 7 heavy (non-hydrogen) atoms. The van der Waals surface area contributed by atoms with E-state index in [0.717, 1.165) is 0 Å². The van der Waals surface area contributed by atoms with Crippen LogP contribution in [0.2, 0.25) is 0 Å². The molecule has 41 valence electrons. The summed E-state index contributed by atoms with van der Waals surface area (Å²) in [4.78, 5) is 9.65. The minimum absolute atomic E-state index is 0.127. The highest BCUT2D eigenvalue weighted by atomic mass is 32.1. The number of rotatable bonds is 2. The van der Waals surface area contributed by atoms with E-state index in [2.05, 4.69) is 12.6 Å². The summed E-state index contributed by atoms with van der Waals surface area (Å²) < 4.78 is 0. The molecule has 0 rings (SSSR count). The molecule has 0 heterocycles. The van der Waals surface area contributed by atoms with E-state index in [1.165, 1.54) is 0 Å². The Hall–Kier alpha value is -0.220. The third-order valence-corrected chi connectivity index (χ3v) is 0.893. The zero-order valence-electron chi connectivity index (χ0n) is 3.63. The molecule has 4 heteroatoms. The Bertz CT molecular complexity index is 75.3. The van der Waals surface area contributed by atoms with Crippen molar-refractivity contribution >= 4 is 18.6 Å². The monoisotopic (exact) mass is 120 g/mol. The predicted octanol–water partition coefficient (Wildman–Crippen LogP) is -0.799. The normalized spacial score (nSPS) is 13.4. The third kappa shape index (κ3) is 2.47. The SMILES string of the molecule is N[C@@H](CS)C([O])=O. The highest BCUT2D eigenvalue weighted by molar-refractivity contribution is 7.80. The molecule has 0 amide bonds. The smallest absolute Gasteiger partial charge is 0.318 e. The number of hydrogen-bond acceptors (Lipinski definition) is 3. The molecule has 0 aliphatic rings. The van der Waals surface area contributed by atoms with Gasteiger partial charge < -0.3 is 5.73 Å². The van der Waals surface area contributed by atoms with E-state index in [0.29, 0.717) is 0 Å². The molecule has 1 atom stereocenters. The van der Waals surface area contributed by atoms with Crippen LogP contribution in [0.25, 0.3) is 0 Å². The lowest BCUT2D eigenvalue weighted by molar-refractivity contribution is -0.144. The van der Waals surface area contributed by atoms with Crippen molar-refractivity contribution in [2.24, 2.45) is 5.73 Å². The second-order valence-corrected chi connectivity index (χ2v) is 1.47.